The van der Waals surface area contributed by atoms with Gasteiger partial charge in [-0.15, -0.1) is 0 Å². The Bertz CT molecular complexity index is 805. The summed E-state index contributed by atoms with van der Waals surface area (Å²) in [5.41, 5.74) is 0.654. The van der Waals surface area contributed by atoms with Crippen molar-refractivity contribution in [1.82, 2.24) is 14.5 Å². The van der Waals surface area contributed by atoms with E-state index in [2.05, 4.69) is 16.8 Å². The van der Waals surface area contributed by atoms with Gasteiger partial charge in [-0.25, -0.2) is 9.78 Å². The van der Waals surface area contributed by atoms with E-state index in [4.69, 9.17) is 4.74 Å². The molecule has 0 saturated heterocycles. The first-order chi connectivity index (χ1) is 12.1. The maximum Gasteiger partial charge on any atom is 0.347 e. The number of para-hydroxylation sites is 2. The van der Waals surface area contributed by atoms with Crippen molar-refractivity contribution in [2.75, 3.05) is 31.6 Å². The van der Waals surface area contributed by atoms with E-state index < -0.39 is 5.69 Å². The van der Waals surface area contributed by atoms with Gasteiger partial charge in [0.1, 0.15) is 18.4 Å². The number of carbonyl (C=O) groups is 1. The van der Waals surface area contributed by atoms with Crippen LogP contribution in [0.4, 0.5) is 5.69 Å². The number of amides is 1. The molecule has 25 heavy (non-hydrogen) atoms. The van der Waals surface area contributed by atoms with Crippen molar-refractivity contribution in [1.29, 1.82) is 0 Å². The molecule has 1 aliphatic rings. The van der Waals surface area contributed by atoms with Crippen LogP contribution in [0.15, 0.2) is 47.5 Å². The van der Waals surface area contributed by atoms with Crippen molar-refractivity contribution in [3.05, 3.63) is 53.2 Å². The molecule has 0 unspecified atom stereocenters. The largest absolute Gasteiger partial charge is 0.485 e. The first-order valence-corrected chi connectivity index (χ1v) is 8.34. The highest BCUT2D eigenvalue weighted by Gasteiger charge is 2.26. The molecular formula is C18H22N4O3. The molecule has 0 saturated carbocycles. The third-order valence-electron chi connectivity index (χ3n) is 4.30. The summed E-state index contributed by atoms with van der Waals surface area (Å²) in [4.78, 5) is 31.5. The summed E-state index contributed by atoms with van der Waals surface area (Å²) in [7, 11) is 1.73. The van der Waals surface area contributed by atoms with Gasteiger partial charge in [-0.2, -0.15) is 0 Å². The molecule has 1 aromatic carbocycles. The van der Waals surface area contributed by atoms with E-state index in [1.165, 1.54) is 10.8 Å². The van der Waals surface area contributed by atoms with Gasteiger partial charge in [0.25, 0.3) is 0 Å². The lowest BCUT2D eigenvalue weighted by atomic mass is 10.2. The lowest BCUT2D eigenvalue weighted by Crippen LogP contribution is -2.47. The van der Waals surface area contributed by atoms with Gasteiger partial charge >= 0.3 is 5.69 Å². The number of benzene rings is 1. The fourth-order valence-electron chi connectivity index (χ4n) is 2.95. The van der Waals surface area contributed by atoms with E-state index in [-0.39, 0.29) is 18.6 Å². The van der Waals surface area contributed by atoms with Gasteiger partial charge < -0.3 is 14.5 Å². The molecule has 0 aliphatic carbocycles. The van der Waals surface area contributed by atoms with E-state index in [9.17, 15) is 9.59 Å². The number of carbonyl (C=O) groups excluding carboxylic acids is 1. The normalized spacial score (nSPS) is 16.1. The van der Waals surface area contributed by atoms with Crippen molar-refractivity contribution >= 4 is 11.6 Å². The first-order valence-electron chi connectivity index (χ1n) is 8.34. The second-order valence-electron chi connectivity index (χ2n) is 6.05. The number of rotatable bonds is 5. The minimum atomic E-state index is -0.427. The monoisotopic (exact) mass is 342 g/mol. The van der Waals surface area contributed by atoms with Crippen LogP contribution in [0.5, 0.6) is 5.75 Å². The van der Waals surface area contributed by atoms with E-state index in [0.717, 1.165) is 24.5 Å². The molecule has 132 valence electrons. The highest BCUT2D eigenvalue weighted by Crippen LogP contribution is 2.32. The number of ether oxygens (including phenoxy) is 1. The summed E-state index contributed by atoms with van der Waals surface area (Å²) in [5, 5.41) is 0. The molecule has 7 heteroatoms. The number of hydrogen-bond acceptors (Lipinski definition) is 5. The maximum absolute atomic E-state index is 12.4. The van der Waals surface area contributed by atoms with Crippen LogP contribution in [0.2, 0.25) is 0 Å². The van der Waals surface area contributed by atoms with Crippen LogP contribution in [0.3, 0.4) is 0 Å². The molecule has 1 amide bonds. The molecule has 1 atom stereocenters. The van der Waals surface area contributed by atoms with Crippen molar-refractivity contribution < 1.29 is 9.53 Å². The Morgan fingerprint density at radius 2 is 2.16 bits per heavy atom. The van der Waals surface area contributed by atoms with E-state index >= 15 is 0 Å². The van der Waals surface area contributed by atoms with E-state index in [0.29, 0.717) is 6.54 Å². The minimum absolute atomic E-state index is 0.0238. The molecule has 1 aromatic heterocycles. The summed E-state index contributed by atoms with van der Waals surface area (Å²) in [6, 6.07) is 9.56. The number of aromatic nitrogens is 2. The highest BCUT2D eigenvalue weighted by atomic mass is 16.5. The Kier molecular flexibility index (Phi) is 5.02. The summed E-state index contributed by atoms with van der Waals surface area (Å²) in [6.45, 7) is 4.13. The average Bonchev–Trinajstić information content (AvgIpc) is 2.62. The van der Waals surface area contributed by atoms with Crippen molar-refractivity contribution in [2.45, 2.75) is 19.6 Å². The highest BCUT2D eigenvalue weighted by molar-refractivity contribution is 5.75. The zero-order chi connectivity index (χ0) is 17.8. The topological polar surface area (TPSA) is 67.7 Å². The SMILES string of the molecule is CCN1C[C@@H](CN(C)C(=O)Cn2cccnc2=O)Oc2ccccc21. The Morgan fingerprint density at radius 3 is 2.92 bits per heavy atom. The van der Waals surface area contributed by atoms with Gasteiger partial charge in [-0.3, -0.25) is 9.36 Å². The Labute approximate surface area is 146 Å². The Balaban J connectivity index is 1.65. The van der Waals surface area contributed by atoms with Crippen molar-refractivity contribution in [3.63, 3.8) is 0 Å². The molecule has 1 aliphatic heterocycles. The lowest BCUT2D eigenvalue weighted by molar-refractivity contribution is -0.131. The van der Waals surface area contributed by atoms with Gasteiger partial charge in [0.05, 0.1) is 18.8 Å². The van der Waals surface area contributed by atoms with Gasteiger partial charge in [0.15, 0.2) is 0 Å². The fourth-order valence-corrected chi connectivity index (χ4v) is 2.95. The minimum Gasteiger partial charge on any atom is -0.485 e. The predicted molar refractivity (Wildman–Crippen MR) is 94.9 cm³/mol. The third kappa shape index (κ3) is 3.81. The molecule has 0 fully saturated rings. The molecule has 0 spiro atoms. The van der Waals surface area contributed by atoms with Gasteiger partial charge in [0, 0.05) is 26.0 Å². The number of anilines is 1. The molecular weight excluding hydrogens is 320 g/mol. The molecule has 0 radical (unpaired) electrons. The van der Waals surface area contributed by atoms with Crippen molar-refractivity contribution in [2.24, 2.45) is 0 Å². The van der Waals surface area contributed by atoms with Crippen molar-refractivity contribution in [3.8, 4) is 5.75 Å². The van der Waals surface area contributed by atoms with E-state index in [1.54, 1.807) is 24.2 Å². The molecule has 3 rings (SSSR count). The van der Waals surface area contributed by atoms with Crippen LogP contribution < -0.4 is 15.3 Å². The fraction of sp³-hybridized carbons (Fsp3) is 0.389. The molecule has 7 nitrogen and oxygen atoms in total. The predicted octanol–water partition coefficient (Wildman–Crippen LogP) is 0.989. The van der Waals surface area contributed by atoms with Crippen LogP contribution in [-0.4, -0.2) is 53.1 Å². The number of likely N-dealkylation sites (N-methyl/N-ethyl adjacent to an activating group) is 2. The summed E-state index contributed by atoms with van der Waals surface area (Å²) in [5.74, 6) is 0.686. The number of fused-ring (bicyclic) bond motifs is 1. The quantitative estimate of drug-likeness (QED) is 0.811. The summed E-state index contributed by atoms with van der Waals surface area (Å²) in [6.07, 6.45) is 2.86. The van der Waals surface area contributed by atoms with Gasteiger partial charge in [-0.1, -0.05) is 12.1 Å². The second-order valence-corrected chi connectivity index (χ2v) is 6.05. The smallest absolute Gasteiger partial charge is 0.347 e. The Hall–Kier alpha value is -2.83. The van der Waals surface area contributed by atoms with Crippen LogP contribution in [0, 0.1) is 0 Å². The van der Waals surface area contributed by atoms with Crippen LogP contribution in [-0.2, 0) is 11.3 Å². The van der Waals surface area contributed by atoms with Gasteiger partial charge in [-0.05, 0) is 25.1 Å². The summed E-state index contributed by atoms with van der Waals surface area (Å²) >= 11 is 0. The van der Waals surface area contributed by atoms with Crippen LogP contribution >= 0.6 is 0 Å². The summed E-state index contributed by atoms with van der Waals surface area (Å²) < 4.78 is 7.34. The zero-order valence-electron chi connectivity index (χ0n) is 14.5. The molecule has 2 heterocycles. The maximum atomic E-state index is 12.4. The third-order valence-corrected chi connectivity index (χ3v) is 4.30. The first kappa shape index (κ1) is 17.0. The average molecular weight is 342 g/mol. The van der Waals surface area contributed by atoms with Crippen LogP contribution in [0.25, 0.3) is 0 Å². The standard InChI is InChI=1S/C18H22N4O3/c1-3-21-12-14(25-16-8-5-4-7-15(16)21)11-20(2)17(23)13-22-10-6-9-19-18(22)24/h4-10,14H,3,11-13H2,1-2H3/t14-/m1/s1. The lowest BCUT2D eigenvalue weighted by Gasteiger charge is -2.37. The molecule has 2 aromatic rings. The van der Waals surface area contributed by atoms with Gasteiger partial charge in [0.2, 0.25) is 5.91 Å². The molecule has 0 N–H and O–H groups in total. The molecule has 0 bridgehead atoms. The number of nitrogens with zero attached hydrogens (tertiary/aromatic N) is 4. The van der Waals surface area contributed by atoms with E-state index in [1.807, 2.05) is 24.3 Å². The second kappa shape index (κ2) is 7.38. The Morgan fingerprint density at radius 1 is 1.36 bits per heavy atom. The number of hydrogen-bond donors (Lipinski definition) is 0. The zero-order valence-corrected chi connectivity index (χ0v) is 14.5. The van der Waals surface area contributed by atoms with Crippen LogP contribution in [0.1, 0.15) is 6.92 Å².